The number of carbonyl (C=O) groups is 1. The van der Waals surface area contributed by atoms with Gasteiger partial charge in [-0.3, -0.25) is 14.4 Å². The molecule has 7 nitrogen and oxygen atoms in total. The van der Waals surface area contributed by atoms with Crippen LogP contribution in [0.2, 0.25) is 0 Å². The number of nitrogens with zero attached hydrogens (tertiary/aromatic N) is 3. The van der Waals surface area contributed by atoms with E-state index in [1.54, 1.807) is 0 Å². The van der Waals surface area contributed by atoms with Crippen molar-refractivity contribution in [3.05, 3.63) is 18.0 Å². The molecular weight excluding hydrogens is 320 g/mol. The summed E-state index contributed by atoms with van der Waals surface area (Å²) in [5.74, 6) is 0.0496. The number of carbonyl (C=O) groups excluding carboxylic acids is 1. The van der Waals surface area contributed by atoms with Gasteiger partial charge >= 0.3 is 0 Å². The van der Waals surface area contributed by atoms with Crippen molar-refractivity contribution in [2.45, 2.75) is 63.4 Å². The minimum absolute atomic E-state index is 0.0496. The van der Waals surface area contributed by atoms with E-state index in [1.807, 2.05) is 13.1 Å². The van der Waals surface area contributed by atoms with Crippen molar-refractivity contribution in [2.24, 2.45) is 0 Å². The van der Waals surface area contributed by atoms with E-state index in [9.17, 15) is 4.79 Å². The third-order valence-electron chi connectivity index (χ3n) is 5.72. The Hall–Kier alpha value is -1.44. The number of hydrogen-bond donors (Lipinski definition) is 1. The zero-order chi connectivity index (χ0) is 17.3. The standard InChI is InChI=1S/C18H28N4O3/c1-2-16-17(23)20-18(25-16)6-9-21(10-7-18)13-15-3-8-19-22(15)14-4-11-24-12-5-14/h3,8,14,16H,2,4-7,9-13H2,1H3,(H,20,23). The van der Waals surface area contributed by atoms with Crippen LogP contribution in [-0.4, -0.2) is 58.7 Å². The third-order valence-corrected chi connectivity index (χ3v) is 5.72. The molecule has 1 amide bonds. The molecule has 1 N–H and O–H groups in total. The molecule has 1 atom stereocenters. The zero-order valence-electron chi connectivity index (χ0n) is 14.9. The molecule has 0 bridgehead atoms. The molecular formula is C18H28N4O3. The maximum Gasteiger partial charge on any atom is 0.251 e. The van der Waals surface area contributed by atoms with Crippen LogP contribution >= 0.6 is 0 Å². The highest BCUT2D eigenvalue weighted by Crippen LogP contribution is 2.31. The molecule has 1 unspecified atom stereocenters. The molecule has 0 aliphatic carbocycles. The van der Waals surface area contributed by atoms with Crippen molar-refractivity contribution in [2.75, 3.05) is 26.3 Å². The largest absolute Gasteiger partial charge is 0.381 e. The molecule has 1 spiro atoms. The smallest absolute Gasteiger partial charge is 0.251 e. The minimum atomic E-state index is -0.435. The molecule has 3 saturated heterocycles. The summed E-state index contributed by atoms with van der Waals surface area (Å²) in [6, 6.07) is 2.58. The Kier molecular flexibility index (Phi) is 4.80. The highest BCUT2D eigenvalue weighted by Gasteiger charge is 2.46. The van der Waals surface area contributed by atoms with Crippen molar-refractivity contribution >= 4 is 5.91 Å². The van der Waals surface area contributed by atoms with Crippen LogP contribution in [0.25, 0.3) is 0 Å². The maximum absolute atomic E-state index is 12.0. The lowest BCUT2D eigenvalue weighted by atomic mass is 10.0. The van der Waals surface area contributed by atoms with Gasteiger partial charge in [-0.1, -0.05) is 6.92 Å². The van der Waals surface area contributed by atoms with Crippen LogP contribution in [0.1, 0.15) is 50.8 Å². The van der Waals surface area contributed by atoms with Gasteiger partial charge < -0.3 is 14.8 Å². The topological polar surface area (TPSA) is 68.6 Å². The van der Waals surface area contributed by atoms with Gasteiger partial charge in [-0.25, -0.2) is 0 Å². The molecule has 25 heavy (non-hydrogen) atoms. The zero-order valence-corrected chi connectivity index (χ0v) is 14.9. The summed E-state index contributed by atoms with van der Waals surface area (Å²) < 4.78 is 13.7. The fourth-order valence-electron chi connectivity index (χ4n) is 4.20. The number of hydrogen-bond acceptors (Lipinski definition) is 5. The average Bonchev–Trinajstić information content (AvgIpc) is 3.22. The maximum atomic E-state index is 12.0. The molecule has 138 valence electrons. The van der Waals surface area contributed by atoms with Crippen LogP contribution in [0.3, 0.4) is 0 Å². The molecule has 0 saturated carbocycles. The SMILES string of the molecule is CCC1OC2(CCN(Cc3ccnn3C3CCOCC3)CC2)NC1=O. The van der Waals surface area contributed by atoms with Crippen LogP contribution < -0.4 is 5.32 Å². The fraction of sp³-hybridized carbons (Fsp3) is 0.778. The first-order chi connectivity index (χ1) is 12.2. The van der Waals surface area contributed by atoms with Crippen molar-refractivity contribution in [1.82, 2.24) is 20.0 Å². The summed E-state index contributed by atoms with van der Waals surface area (Å²) in [6.45, 7) is 6.40. The predicted octanol–water partition coefficient (Wildman–Crippen LogP) is 1.45. The Bertz CT molecular complexity index is 603. The van der Waals surface area contributed by atoms with E-state index in [0.717, 1.165) is 65.0 Å². The highest BCUT2D eigenvalue weighted by molar-refractivity contribution is 5.83. The number of piperidine rings is 1. The Morgan fingerprint density at radius 3 is 2.76 bits per heavy atom. The van der Waals surface area contributed by atoms with Gasteiger partial charge in [-0.05, 0) is 25.3 Å². The Balaban J connectivity index is 1.35. The lowest BCUT2D eigenvalue weighted by molar-refractivity contribution is -0.124. The first-order valence-electron chi connectivity index (χ1n) is 9.51. The van der Waals surface area contributed by atoms with Gasteiger partial charge in [0.1, 0.15) is 11.8 Å². The van der Waals surface area contributed by atoms with Gasteiger partial charge in [0, 0.05) is 51.9 Å². The fourth-order valence-corrected chi connectivity index (χ4v) is 4.20. The quantitative estimate of drug-likeness (QED) is 0.892. The molecule has 3 fully saturated rings. The first-order valence-corrected chi connectivity index (χ1v) is 9.51. The van der Waals surface area contributed by atoms with E-state index in [2.05, 4.69) is 26.1 Å². The van der Waals surface area contributed by atoms with Crippen LogP contribution in [0.5, 0.6) is 0 Å². The highest BCUT2D eigenvalue weighted by atomic mass is 16.5. The monoisotopic (exact) mass is 348 g/mol. The predicted molar refractivity (Wildman–Crippen MR) is 91.9 cm³/mol. The number of amides is 1. The molecule has 1 aromatic heterocycles. The molecule has 0 aromatic carbocycles. The number of ether oxygens (including phenoxy) is 2. The third kappa shape index (κ3) is 3.45. The number of nitrogens with one attached hydrogen (secondary N) is 1. The molecule has 1 aromatic rings. The van der Waals surface area contributed by atoms with Crippen LogP contribution in [0.15, 0.2) is 12.3 Å². The Morgan fingerprint density at radius 2 is 2.08 bits per heavy atom. The van der Waals surface area contributed by atoms with E-state index in [4.69, 9.17) is 9.47 Å². The van der Waals surface area contributed by atoms with Gasteiger partial charge in [0.2, 0.25) is 0 Å². The molecule has 7 heteroatoms. The second-order valence-electron chi connectivity index (χ2n) is 7.39. The van der Waals surface area contributed by atoms with Crippen molar-refractivity contribution in [3.63, 3.8) is 0 Å². The Morgan fingerprint density at radius 1 is 1.32 bits per heavy atom. The molecule has 0 radical (unpaired) electrons. The van der Waals surface area contributed by atoms with Crippen molar-refractivity contribution in [3.8, 4) is 0 Å². The summed E-state index contributed by atoms with van der Waals surface area (Å²) in [5, 5.41) is 7.65. The van der Waals surface area contributed by atoms with Gasteiger partial charge in [0.05, 0.1) is 11.7 Å². The molecule has 3 aliphatic heterocycles. The summed E-state index contributed by atoms with van der Waals surface area (Å²) in [4.78, 5) is 14.4. The van der Waals surface area contributed by atoms with E-state index >= 15 is 0 Å². The first kappa shape index (κ1) is 17.0. The number of rotatable bonds is 4. The van der Waals surface area contributed by atoms with Crippen LogP contribution in [0.4, 0.5) is 0 Å². The second kappa shape index (κ2) is 7.05. The van der Waals surface area contributed by atoms with Crippen LogP contribution in [0, 0.1) is 0 Å². The van der Waals surface area contributed by atoms with E-state index < -0.39 is 5.72 Å². The lowest BCUT2D eigenvalue weighted by Crippen LogP contribution is -2.51. The van der Waals surface area contributed by atoms with Gasteiger partial charge in [-0.2, -0.15) is 5.10 Å². The van der Waals surface area contributed by atoms with E-state index in [0.29, 0.717) is 6.04 Å². The molecule has 3 aliphatic rings. The number of likely N-dealkylation sites (tertiary alicyclic amines) is 1. The summed E-state index contributed by atoms with van der Waals surface area (Å²) in [5.41, 5.74) is 0.834. The summed E-state index contributed by atoms with van der Waals surface area (Å²) in [7, 11) is 0. The van der Waals surface area contributed by atoms with E-state index in [-0.39, 0.29) is 12.0 Å². The van der Waals surface area contributed by atoms with Gasteiger partial charge in [0.25, 0.3) is 5.91 Å². The van der Waals surface area contributed by atoms with Crippen molar-refractivity contribution in [1.29, 1.82) is 0 Å². The summed E-state index contributed by atoms with van der Waals surface area (Å²) >= 11 is 0. The second-order valence-corrected chi connectivity index (χ2v) is 7.39. The summed E-state index contributed by atoms with van der Waals surface area (Å²) in [6.07, 6.45) is 6.14. The van der Waals surface area contributed by atoms with Gasteiger partial charge in [-0.15, -0.1) is 0 Å². The number of aromatic nitrogens is 2. The lowest BCUT2D eigenvalue weighted by Gasteiger charge is -2.38. The molecule has 4 heterocycles. The van der Waals surface area contributed by atoms with Gasteiger partial charge in [0.15, 0.2) is 0 Å². The average molecular weight is 348 g/mol. The van der Waals surface area contributed by atoms with Crippen molar-refractivity contribution < 1.29 is 14.3 Å². The van der Waals surface area contributed by atoms with E-state index in [1.165, 1.54) is 5.69 Å². The normalized spacial score (nSPS) is 27.7. The minimum Gasteiger partial charge on any atom is -0.381 e. The van der Waals surface area contributed by atoms with Crippen LogP contribution in [-0.2, 0) is 20.8 Å². The Labute approximate surface area is 148 Å². The molecule has 4 rings (SSSR count).